The van der Waals surface area contributed by atoms with Crippen molar-refractivity contribution < 1.29 is 9.59 Å². The molecule has 2 aromatic rings. The number of nitrogens with one attached hydrogen (secondary N) is 1. The monoisotopic (exact) mass is 490 g/mol. The molecule has 0 aromatic heterocycles. The second kappa shape index (κ2) is 11.0. The van der Waals surface area contributed by atoms with Crippen LogP contribution in [0, 0.1) is 0 Å². The van der Waals surface area contributed by atoms with E-state index >= 15 is 0 Å². The Kier molecular flexibility index (Phi) is 8.34. The summed E-state index contributed by atoms with van der Waals surface area (Å²) in [4.78, 5) is 27.9. The van der Waals surface area contributed by atoms with Crippen molar-refractivity contribution in [3.8, 4) is 0 Å². The maximum absolute atomic E-state index is 13.2. The first-order valence-electron chi connectivity index (χ1n) is 10.5. The Hall–Kier alpha value is -1.85. The predicted octanol–water partition coefficient (Wildman–Crippen LogP) is 5.51. The first kappa shape index (κ1) is 22.8. The van der Waals surface area contributed by atoms with Gasteiger partial charge in [-0.05, 0) is 55.2 Å². The third kappa shape index (κ3) is 6.58. The summed E-state index contributed by atoms with van der Waals surface area (Å²) >= 11 is 9.41. The summed E-state index contributed by atoms with van der Waals surface area (Å²) in [6.07, 6.45) is 5.80. The third-order valence-corrected chi connectivity index (χ3v) is 6.43. The van der Waals surface area contributed by atoms with Gasteiger partial charge in [-0.2, -0.15) is 0 Å². The van der Waals surface area contributed by atoms with Crippen LogP contribution in [0.1, 0.15) is 50.2 Å². The fraction of sp³-hybridized carbons (Fsp3) is 0.417. The fourth-order valence-electron chi connectivity index (χ4n) is 3.82. The van der Waals surface area contributed by atoms with Crippen molar-refractivity contribution in [2.45, 2.75) is 64.1 Å². The van der Waals surface area contributed by atoms with E-state index in [1.165, 1.54) is 6.42 Å². The minimum Gasteiger partial charge on any atom is -0.352 e. The molecule has 0 saturated heterocycles. The molecular formula is C24H28BrClN2O2. The molecule has 2 aromatic carbocycles. The molecule has 0 heterocycles. The van der Waals surface area contributed by atoms with Gasteiger partial charge in [0.1, 0.15) is 6.04 Å². The normalized spacial score (nSPS) is 15.4. The molecule has 3 rings (SSSR count). The van der Waals surface area contributed by atoms with Crippen LogP contribution in [0.3, 0.4) is 0 Å². The van der Waals surface area contributed by atoms with E-state index in [2.05, 4.69) is 21.2 Å². The topological polar surface area (TPSA) is 49.4 Å². The molecule has 0 spiro atoms. The van der Waals surface area contributed by atoms with Crippen molar-refractivity contribution in [1.29, 1.82) is 0 Å². The molecule has 2 amide bonds. The Morgan fingerprint density at radius 2 is 1.63 bits per heavy atom. The fourth-order valence-corrected chi connectivity index (χ4v) is 4.21. The molecule has 1 fully saturated rings. The molecule has 160 valence electrons. The summed E-state index contributed by atoms with van der Waals surface area (Å²) < 4.78 is 0.980. The maximum Gasteiger partial charge on any atom is 0.242 e. The van der Waals surface area contributed by atoms with Crippen molar-refractivity contribution in [3.05, 3.63) is 69.2 Å². The molecule has 30 heavy (non-hydrogen) atoms. The minimum atomic E-state index is -0.546. The summed E-state index contributed by atoms with van der Waals surface area (Å²) in [6.45, 7) is 2.20. The van der Waals surface area contributed by atoms with E-state index in [0.717, 1.165) is 41.3 Å². The Morgan fingerprint density at radius 1 is 1.03 bits per heavy atom. The number of amides is 2. The highest BCUT2D eigenvalue weighted by Crippen LogP contribution is 2.19. The molecule has 1 saturated carbocycles. The van der Waals surface area contributed by atoms with Crippen molar-refractivity contribution in [2.75, 3.05) is 0 Å². The number of halogens is 2. The quantitative estimate of drug-likeness (QED) is 0.555. The van der Waals surface area contributed by atoms with Gasteiger partial charge in [-0.3, -0.25) is 9.59 Å². The van der Waals surface area contributed by atoms with Crippen LogP contribution in [-0.4, -0.2) is 28.8 Å². The van der Waals surface area contributed by atoms with E-state index in [4.69, 9.17) is 11.6 Å². The largest absolute Gasteiger partial charge is 0.352 e. The van der Waals surface area contributed by atoms with E-state index in [1.807, 2.05) is 43.3 Å². The number of carbonyl (C=O) groups excluding carboxylic acids is 2. The molecule has 0 aliphatic heterocycles. The van der Waals surface area contributed by atoms with Crippen molar-refractivity contribution in [3.63, 3.8) is 0 Å². The lowest BCUT2D eigenvalue weighted by Gasteiger charge is -2.31. The number of rotatable bonds is 7. The molecule has 1 aliphatic rings. The minimum absolute atomic E-state index is 0.0773. The standard InChI is InChI=1S/C24H28BrClN2O2/c1-17(24(30)27-22-5-3-2-4-6-22)28(16-19-7-11-20(25)12-8-19)23(29)15-18-9-13-21(26)14-10-18/h7-14,17,22H,2-6,15-16H2,1H3,(H,27,30)/t17-/m0/s1. The molecule has 1 aliphatic carbocycles. The van der Waals surface area contributed by atoms with E-state index < -0.39 is 6.04 Å². The van der Waals surface area contributed by atoms with Crippen molar-refractivity contribution in [2.24, 2.45) is 0 Å². The summed E-state index contributed by atoms with van der Waals surface area (Å²) in [5.74, 6) is -0.157. The number of carbonyl (C=O) groups is 2. The highest BCUT2D eigenvalue weighted by Gasteiger charge is 2.28. The lowest BCUT2D eigenvalue weighted by atomic mass is 9.95. The van der Waals surface area contributed by atoms with E-state index in [-0.39, 0.29) is 24.3 Å². The zero-order chi connectivity index (χ0) is 21.5. The number of hydrogen-bond acceptors (Lipinski definition) is 2. The van der Waals surface area contributed by atoms with Gasteiger partial charge in [-0.1, -0.05) is 71.1 Å². The van der Waals surface area contributed by atoms with Gasteiger partial charge < -0.3 is 10.2 Å². The van der Waals surface area contributed by atoms with Gasteiger partial charge in [0.2, 0.25) is 11.8 Å². The van der Waals surface area contributed by atoms with Crippen LogP contribution < -0.4 is 5.32 Å². The van der Waals surface area contributed by atoms with E-state index in [1.54, 1.807) is 17.0 Å². The van der Waals surface area contributed by atoms with Crippen LogP contribution in [0.4, 0.5) is 0 Å². The molecule has 0 radical (unpaired) electrons. The summed E-state index contributed by atoms with van der Waals surface area (Å²) in [7, 11) is 0. The average molecular weight is 492 g/mol. The first-order valence-corrected chi connectivity index (χ1v) is 11.7. The Bertz CT molecular complexity index is 849. The van der Waals surface area contributed by atoms with Gasteiger partial charge in [-0.15, -0.1) is 0 Å². The lowest BCUT2D eigenvalue weighted by Crippen LogP contribution is -2.50. The highest BCUT2D eigenvalue weighted by atomic mass is 79.9. The van der Waals surface area contributed by atoms with Crippen LogP contribution >= 0.6 is 27.5 Å². The molecule has 4 nitrogen and oxygen atoms in total. The second-order valence-corrected chi connectivity index (χ2v) is 9.32. The molecule has 1 atom stereocenters. The van der Waals surface area contributed by atoms with Gasteiger partial charge in [0.25, 0.3) is 0 Å². The number of benzene rings is 2. The zero-order valence-electron chi connectivity index (χ0n) is 17.2. The van der Waals surface area contributed by atoms with Gasteiger partial charge in [-0.25, -0.2) is 0 Å². The van der Waals surface area contributed by atoms with Gasteiger partial charge >= 0.3 is 0 Å². The van der Waals surface area contributed by atoms with Crippen molar-refractivity contribution >= 4 is 39.3 Å². The van der Waals surface area contributed by atoms with Gasteiger partial charge in [0.15, 0.2) is 0 Å². The third-order valence-electron chi connectivity index (χ3n) is 5.65. The molecule has 0 unspecified atom stereocenters. The number of nitrogens with zero attached hydrogens (tertiary/aromatic N) is 1. The lowest BCUT2D eigenvalue weighted by molar-refractivity contribution is -0.140. The van der Waals surface area contributed by atoms with Gasteiger partial charge in [0, 0.05) is 22.1 Å². The molecule has 0 bridgehead atoms. The second-order valence-electron chi connectivity index (χ2n) is 7.97. The Balaban J connectivity index is 1.74. The van der Waals surface area contributed by atoms with Crippen LogP contribution in [-0.2, 0) is 22.6 Å². The average Bonchev–Trinajstić information content (AvgIpc) is 2.75. The summed E-state index contributed by atoms with van der Waals surface area (Å²) in [5.41, 5.74) is 1.87. The highest BCUT2D eigenvalue weighted by molar-refractivity contribution is 9.10. The SMILES string of the molecule is C[C@@H](C(=O)NC1CCCCC1)N(Cc1ccc(Br)cc1)C(=O)Cc1ccc(Cl)cc1. The molecule has 1 N–H and O–H groups in total. The van der Waals surface area contributed by atoms with Crippen LogP contribution in [0.5, 0.6) is 0 Å². The van der Waals surface area contributed by atoms with Crippen LogP contribution in [0.2, 0.25) is 5.02 Å². The van der Waals surface area contributed by atoms with E-state index in [0.29, 0.717) is 11.6 Å². The van der Waals surface area contributed by atoms with Crippen molar-refractivity contribution in [1.82, 2.24) is 10.2 Å². The first-order chi connectivity index (χ1) is 14.4. The Labute approximate surface area is 192 Å². The van der Waals surface area contributed by atoms with Gasteiger partial charge in [0.05, 0.1) is 6.42 Å². The van der Waals surface area contributed by atoms with Crippen LogP contribution in [0.15, 0.2) is 53.0 Å². The zero-order valence-corrected chi connectivity index (χ0v) is 19.6. The number of hydrogen-bond donors (Lipinski definition) is 1. The predicted molar refractivity (Wildman–Crippen MR) is 124 cm³/mol. The smallest absolute Gasteiger partial charge is 0.242 e. The summed E-state index contributed by atoms with van der Waals surface area (Å²) in [6, 6.07) is 14.8. The van der Waals surface area contributed by atoms with E-state index in [9.17, 15) is 9.59 Å². The Morgan fingerprint density at radius 3 is 2.27 bits per heavy atom. The molecule has 6 heteroatoms. The summed E-state index contributed by atoms with van der Waals surface area (Å²) in [5, 5.41) is 3.80. The molecular weight excluding hydrogens is 464 g/mol. The maximum atomic E-state index is 13.2. The van der Waals surface area contributed by atoms with Crippen LogP contribution in [0.25, 0.3) is 0 Å².